The van der Waals surface area contributed by atoms with Gasteiger partial charge in [0.15, 0.2) is 11.0 Å². The minimum absolute atomic E-state index is 0.272. The zero-order valence-corrected chi connectivity index (χ0v) is 15.5. The number of pyridine rings is 1. The average molecular weight is 376 g/mol. The first-order valence-corrected chi connectivity index (χ1v) is 9.49. The minimum atomic E-state index is -0.272. The van der Waals surface area contributed by atoms with Crippen molar-refractivity contribution in [3.05, 3.63) is 90.0 Å². The molecule has 2 heterocycles. The van der Waals surface area contributed by atoms with Crippen LogP contribution in [0.3, 0.4) is 0 Å². The smallest absolute Gasteiger partial charge is 0.196 e. The lowest BCUT2D eigenvalue weighted by atomic mass is 10.2. The summed E-state index contributed by atoms with van der Waals surface area (Å²) in [5, 5.41) is 9.53. The summed E-state index contributed by atoms with van der Waals surface area (Å²) >= 11 is 1.60. The van der Waals surface area contributed by atoms with Crippen molar-refractivity contribution in [2.75, 3.05) is 0 Å². The monoisotopic (exact) mass is 376 g/mol. The summed E-state index contributed by atoms with van der Waals surface area (Å²) in [4.78, 5) is 4.06. The van der Waals surface area contributed by atoms with Gasteiger partial charge in [0.1, 0.15) is 5.82 Å². The lowest BCUT2D eigenvalue weighted by Crippen LogP contribution is -2.00. The lowest BCUT2D eigenvalue weighted by molar-refractivity contribution is 0.627. The quantitative estimate of drug-likeness (QED) is 0.456. The van der Waals surface area contributed by atoms with Crippen molar-refractivity contribution in [2.24, 2.45) is 0 Å². The number of benzene rings is 2. The highest BCUT2D eigenvalue weighted by Gasteiger charge is 2.16. The molecule has 2 aromatic carbocycles. The molecule has 0 amide bonds. The number of halogens is 1. The molecule has 0 spiro atoms. The van der Waals surface area contributed by atoms with Crippen molar-refractivity contribution in [3.63, 3.8) is 0 Å². The summed E-state index contributed by atoms with van der Waals surface area (Å²) in [6.07, 6.45) is 3.44. The predicted octanol–water partition coefficient (Wildman–Crippen LogP) is 5.07. The van der Waals surface area contributed by atoms with Crippen LogP contribution in [-0.4, -0.2) is 19.7 Å². The van der Waals surface area contributed by atoms with Crippen molar-refractivity contribution < 1.29 is 4.39 Å². The lowest BCUT2D eigenvalue weighted by Gasteiger charge is -2.10. The third kappa shape index (κ3) is 3.90. The fraction of sp³-hybridized carbons (Fsp3) is 0.0952. The van der Waals surface area contributed by atoms with Gasteiger partial charge in [-0.15, -0.1) is 10.2 Å². The van der Waals surface area contributed by atoms with Crippen molar-refractivity contribution in [1.29, 1.82) is 0 Å². The van der Waals surface area contributed by atoms with E-state index < -0.39 is 0 Å². The molecule has 27 heavy (non-hydrogen) atoms. The number of rotatable bonds is 5. The molecule has 0 atom stereocenters. The van der Waals surface area contributed by atoms with E-state index in [1.165, 1.54) is 23.3 Å². The van der Waals surface area contributed by atoms with Crippen LogP contribution in [0.2, 0.25) is 0 Å². The van der Waals surface area contributed by atoms with Crippen molar-refractivity contribution in [2.45, 2.75) is 17.8 Å². The number of aryl methyl sites for hydroxylation is 1. The number of hydrogen-bond donors (Lipinski definition) is 0. The van der Waals surface area contributed by atoms with Gasteiger partial charge in [-0.3, -0.25) is 9.55 Å². The molecule has 0 bridgehead atoms. The number of hydrogen-bond acceptors (Lipinski definition) is 4. The van der Waals surface area contributed by atoms with Crippen molar-refractivity contribution in [3.8, 4) is 17.1 Å². The number of nitrogens with zero attached hydrogens (tertiary/aromatic N) is 4. The highest BCUT2D eigenvalue weighted by molar-refractivity contribution is 7.98. The molecule has 0 saturated carbocycles. The fourth-order valence-corrected chi connectivity index (χ4v) is 3.61. The van der Waals surface area contributed by atoms with Gasteiger partial charge >= 0.3 is 0 Å². The normalized spacial score (nSPS) is 10.9. The molecule has 6 heteroatoms. The minimum Gasteiger partial charge on any atom is -0.270 e. The molecule has 0 fully saturated rings. The van der Waals surface area contributed by atoms with Gasteiger partial charge in [-0.05, 0) is 48.9 Å². The van der Waals surface area contributed by atoms with E-state index in [2.05, 4.69) is 46.4 Å². The second-order valence-corrected chi connectivity index (χ2v) is 7.07. The molecule has 0 aliphatic rings. The van der Waals surface area contributed by atoms with E-state index in [9.17, 15) is 4.39 Å². The molecule has 0 aliphatic heterocycles. The molecular formula is C21H17FN4S. The highest BCUT2D eigenvalue weighted by Crippen LogP contribution is 2.29. The van der Waals surface area contributed by atoms with E-state index in [4.69, 9.17) is 0 Å². The molecule has 0 aliphatic carbocycles. The first-order valence-electron chi connectivity index (χ1n) is 8.51. The van der Waals surface area contributed by atoms with Crippen LogP contribution in [0.25, 0.3) is 17.1 Å². The van der Waals surface area contributed by atoms with Crippen LogP contribution >= 0.6 is 11.8 Å². The first-order chi connectivity index (χ1) is 13.2. The highest BCUT2D eigenvalue weighted by atomic mass is 32.2. The maximum absolute atomic E-state index is 13.4. The van der Waals surface area contributed by atoms with Gasteiger partial charge in [-0.2, -0.15) is 0 Å². The summed E-state index contributed by atoms with van der Waals surface area (Å²) in [6.45, 7) is 2.07. The van der Waals surface area contributed by atoms with Crippen LogP contribution in [-0.2, 0) is 5.75 Å². The summed E-state index contributed by atoms with van der Waals surface area (Å²) in [7, 11) is 0. The van der Waals surface area contributed by atoms with Gasteiger partial charge < -0.3 is 0 Å². The zero-order valence-electron chi connectivity index (χ0n) is 14.7. The molecule has 0 N–H and O–H groups in total. The van der Waals surface area contributed by atoms with Crippen molar-refractivity contribution in [1.82, 2.24) is 19.7 Å². The Kier molecular flexibility index (Phi) is 4.98. The fourth-order valence-electron chi connectivity index (χ4n) is 2.71. The molecule has 0 saturated heterocycles. The standard InChI is InChI=1S/C21H17FN4S/c1-15-2-4-16(5-3-15)14-27-21-25-24-20(17-10-12-23-13-11-17)26(21)19-8-6-18(22)7-9-19/h2-13H,14H2,1H3. The van der Waals surface area contributed by atoms with E-state index in [1.807, 2.05) is 16.7 Å². The van der Waals surface area contributed by atoms with E-state index in [0.717, 1.165) is 22.2 Å². The average Bonchev–Trinajstić information content (AvgIpc) is 3.13. The van der Waals surface area contributed by atoms with E-state index >= 15 is 0 Å². The molecule has 4 rings (SSSR count). The Morgan fingerprint density at radius 3 is 2.30 bits per heavy atom. The third-order valence-electron chi connectivity index (χ3n) is 4.15. The van der Waals surface area contributed by atoms with Crippen LogP contribution in [0, 0.1) is 12.7 Å². The molecule has 4 aromatic rings. The summed E-state index contributed by atoms with van der Waals surface area (Å²) in [5.41, 5.74) is 4.17. The van der Waals surface area contributed by atoms with Crippen LogP contribution in [0.1, 0.15) is 11.1 Å². The maximum Gasteiger partial charge on any atom is 0.196 e. The van der Waals surface area contributed by atoms with Crippen LogP contribution < -0.4 is 0 Å². The summed E-state index contributed by atoms with van der Waals surface area (Å²) < 4.78 is 15.4. The Morgan fingerprint density at radius 2 is 1.59 bits per heavy atom. The molecule has 134 valence electrons. The number of aromatic nitrogens is 4. The maximum atomic E-state index is 13.4. The van der Waals surface area contributed by atoms with Gasteiger partial charge in [0.2, 0.25) is 0 Å². The topological polar surface area (TPSA) is 43.6 Å². The van der Waals surface area contributed by atoms with Crippen LogP contribution in [0.5, 0.6) is 0 Å². The van der Waals surface area contributed by atoms with E-state index in [-0.39, 0.29) is 5.82 Å². The second kappa shape index (κ2) is 7.72. The van der Waals surface area contributed by atoms with Gasteiger partial charge in [-0.25, -0.2) is 4.39 Å². The second-order valence-electron chi connectivity index (χ2n) is 6.13. The molecule has 0 radical (unpaired) electrons. The Hall–Kier alpha value is -2.99. The predicted molar refractivity (Wildman–Crippen MR) is 105 cm³/mol. The molecule has 4 nitrogen and oxygen atoms in total. The molecular weight excluding hydrogens is 359 g/mol. The Bertz CT molecular complexity index is 1030. The largest absolute Gasteiger partial charge is 0.270 e. The Labute approximate surface area is 161 Å². The van der Waals surface area contributed by atoms with Gasteiger partial charge in [0.25, 0.3) is 0 Å². The van der Waals surface area contributed by atoms with Gasteiger partial charge in [0.05, 0.1) is 0 Å². The first kappa shape index (κ1) is 17.4. The SMILES string of the molecule is Cc1ccc(CSc2nnc(-c3ccncc3)n2-c2ccc(F)cc2)cc1. The van der Waals surface area contributed by atoms with Gasteiger partial charge in [0, 0.05) is 29.4 Å². The summed E-state index contributed by atoms with van der Waals surface area (Å²) in [5.74, 6) is 1.21. The number of thioether (sulfide) groups is 1. The molecule has 2 aromatic heterocycles. The van der Waals surface area contributed by atoms with E-state index in [0.29, 0.717) is 5.82 Å². The Balaban J connectivity index is 1.71. The zero-order chi connectivity index (χ0) is 18.6. The Morgan fingerprint density at radius 1 is 0.889 bits per heavy atom. The van der Waals surface area contributed by atoms with E-state index in [1.54, 1.807) is 36.3 Å². The van der Waals surface area contributed by atoms with Crippen LogP contribution in [0.15, 0.2) is 78.2 Å². The van der Waals surface area contributed by atoms with Crippen LogP contribution in [0.4, 0.5) is 4.39 Å². The summed E-state index contributed by atoms with van der Waals surface area (Å²) in [6, 6.07) is 18.6. The van der Waals surface area contributed by atoms with Gasteiger partial charge in [-0.1, -0.05) is 41.6 Å². The third-order valence-corrected chi connectivity index (χ3v) is 5.15. The molecule has 0 unspecified atom stereocenters. The van der Waals surface area contributed by atoms with Crippen molar-refractivity contribution >= 4 is 11.8 Å².